The van der Waals surface area contributed by atoms with Crippen LogP contribution in [0.1, 0.15) is 23.6 Å². The van der Waals surface area contributed by atoms with Crippen LogP contribution in [0.5, 0.6) is 11.5 Å². The van der Waals surface area contributed by atoms with Crippen molar-refractivity contribution >= 4 is 45.6 Å². The van der Waals surface area contributed by atoms with Crippen LogP contribution in [0.25, 0.3) is 0 Å². The number of benzene rings is 3. The van der Waals surface area contributed by atoms with E-state index in [1.54, 1.807) is 12.1 Å². The number of hydrogen-bond acceptors (Lipinski definition) is 5. The summed E-state index contributed by atoms with van der Waals surface area (Å²) in [7, 11) is 0. The van der Waals surface area contributed by atoms with Gasteiger partial charge in [-0.05, 0) is 89.5 Å². The third-order valence-electron chi connectivity index (χ3n) is 4.65. The Morgan fingerprint density at radius 2 is 1.84 bits per heavy atom. The van der Waals surface area contributed by atoms with Crippen molar-refractivity contribution in [1.29, 1.82) is 0 Å². The Morgan fingerprint density at radius 1 is 1.10 bits per heavy atom. The minimum atomic E-state index is -0.418. The van der Waals surface area contributed by atoms with Gasteiger partial charge < -0.3 is 14.8 Å². The molecule has 0 unspecified atom stereocenters. The van der Waals surface area contributed by atoms with Crippen LogP contribution in [-0.2, 0) is 13.2 Å². The molecule has 31 heavy (non-hydrogen) atoms. The molecule has 0 aliphatic carbocycles. The van der Waals surface area contributed by atoms with E-state index in [0.717, 1.165) is 31.0 Å². The van der Waals surface area contributed by atoms with Crippen LogP contribution in [0.4, 0.5) is 11.4 Å². The van der Waals surface area contributed by atoms with E-state index in [9.17, 15) is 10.1 Å². The van der Waals surface area contributed by atoms with Gasteiger partial charge in [0.05, 0.1) is 15.1 Å². The van der Waals surface area contributed by atoms with Crippen molar-refractivity contribution in [2.24, 2.45) is 0 Å². The second-order valence-electron chi connectivity index (χ2n) is 6.82. The molecule has 0 aliphatic rings. The lowest BCUT2D eigenvalue weighted by Gasteiger charge is -2.17. The summed E-state index contributed by atoms with van der Waals surface area (Å²) >= 11 is 8.44. The van der Waals surface area contributed by atoms with Crippen molar-refractivity contribution in [2.75, 3.05) is 11.9 Å². The molecule has 0 bridgehead atoms. The molecular formula is C23H22ClIN2O4. The second-order valence-corrected chi connectivity index (χ2v) is 8.39. The van der Waals surface area contributed by atoms with E-state index >= 15 is 0 Å². The minimum absolute atomic E-state index is 0.0557. The van der Waals surface area contributed by atoms with Crippen LogP contribution >= 0.6 is 34.2 Å². The van der Waals surface area contributed by atoms with Crippen molar-refractivity contribution in [3.05, 3.63) is 90.0 Å². The number of non-ortho nitro benzene ring substituents is 1. The van der Waals surface area contributed by atoms with Crippen molar-refractivity contribution < 1.29 is 14.4 Å². The molecule has 0 heterocycles. The van der Waals surface area contributed by atoms with Gasteiger partial charge in [-0.1, -0.05) is 17.7 Å². The Labute approximate surface area is 199 Å². The Bertz CT molecular complexity index is 1070. The Hall–Kier alpha value is -2.52. The molecule has 1 N–H and O–H groups in total. The fraction of sp³-hybridized carbons (Fsp3) is 0.217. The van der Waals surface area contributed by atoms with Crippen molar-refractivity contribution in [3.8, 4) is 11.5 Å². The van der Waals surface area contributed by atoms with Crippen LogP contribution in [-0.4, -0.2) is 11.5 Å². The molecular weight excluding hydrogens is 531 g/mol. The summed E-state index contributed by atoms with van der Waals surface area (Å²) < 4.78 is 12.8. The number of nitrogens with one attached hydrogen (secondary N) is 1. The van der Waals surface area contributed by atoms with Gasteiger partial charge in [0, 0.05) is 29.4 Å². The number of ether oxygens (including phenoxy) is 2. The summed E-state index contributed by atoms with van der Waals surface area (Å²) in [6.45, 7) is 5.31. The van der Waals surface area contributed by atoms with E-state index in [1.165, 1.54) is 12.1 Å². The van der Waals surface area contributed by atoms with Gasteiger partial charge in [0.25, 0.3) is 5.69 Å². The fourth-order valence-electron chi connectivity index (χ4n) is 2.99. The molecule has 0 aliphatic heterocycles. The maximum absolute atomic E-state index is 10.8. The fourth-order valence-corrected chi connectivity index (χ4v) is 3.99. The molecule has 0 fully saturated rings. The topological polar surface area (TPSA) is 73.6 Å². The van der Waals surface area contributed by atoms with Gasteiger partial charge in [0.1, 0.15) is 6.61 Å². The molecule has 0 radical (unpaired) electrons. The van der Waals surface area contributed by atoms with Gasteiger partial charge >= 0.3 is 0 Å². The standard InChI is InChI=1S/C23H22ClIN2O4/c1-3-30-22-12-17(13-26-21-6-4-5-19(24)15(21)2)11-20(25)23(22)31-14-16-7-9-18(10-8-16)27(28)29/h4-12,26H,3,13-14H2,1-2H3. The van der Waals surface area contributed by atoms with Gasteiger partial charge in [-0.3, -0.25) is 10.1 Å². The van der Waals surface area contributed by atoms with E-state index in [2.05, 4.69) is 27.9 Å². The first kappa shape index (κ1) is 23.1. The maximum Gasteiger partial charge on any atom is 0.269 e. The third-order valence-corrected chi connectivity index (χ3v) is 5.86. The third kappa shape index (κ3) is 6.01. The number of hydrogen-bond donors (Lipinski definition) is 1. The molecule has 0 aromatic heterocycles. The highest BCUT2D eigenvalue weighted by Crippen LogP contribution is 2.35. The Kier molecular flexibility index (Phi) is 7.97. The predicted octanol–water partition coefficient (Wildman–Crippen LogP) is 6.75. The number of halogens is 2. The SMILES string of the molecule is CCOc1cc(CNc2cccc(Cl)c2C)cc(I)c1OCc1ccc([N+](=O)[O-])cc1. The molecule has 0 spiro atoms. The summed E-state index contributed by atoms with van der Waals surface area (Å²) in [6, 6.07) is 16.1. The van der Waals surface area contributed by atoms with Crippen LogP contribution in [0.15, 0.2) is 54.6 Å². The zero-order chi connectivity index (χ0) is 22.4. The summed E-state index contributed by atoms with van der Waals surface area (Å²) in [5.41, 5.74) is 3.94. The molecule has 8 heteroatoms. The summed E-state index contributed by atoms with van der Waals surface area (Å²) in [5.74, 6) is 1.32. The number of nitro groups is 1. The first-order chi connectivity index (χ1) is 14.9. The molecule has 0 atom stereocenters. The number of nitro benzene ring substituents is 1. The first-order valence-corrected chi connectivity index (χ1v) is 11.1. The zero-order valence-corrected chi connectivity index (χ0v) is 20.1. The molecule has 0 amide bonds. The van der Waals surface area contributed by atoms with Crippen molar-refractivity contribution in [1.82, 2.24) is 0 Å². The predicted molar refractivity (Wildman–Crippen MR) is 131 cm³/mol. The summed E-state index contributed by atoms with van der Waals surface area (Å²) in [5, 5.41) is 15.0. The minimum Gasteiger partial charge on any atom is -0.490 e. The largest absolute Gasteiger partial charge is 0.490 e. The van der Waals surface area contributed by atoms with Crippen LogP contribution in [0, 0.1) is 20.6 Å². The number of anilines is 1. The van der Waals surface area contributed by atoms with Crippen LogP contribution < -0.4 is 14.8 Å². The lowest BCUT2D eigenvalue weighted by atomic mass is 10.1. The zero-order valence-electron chi connectivity index (χ0n) is 17.2. The van der Waals surface area contributed by atoms with E-state index in [1.807, 2.05) is 44.2 Å². The molecule has 3 aromatic carbocycles. The number of rotatable bonds is 9. The van der Waals surface area contributed by atoms with E-state index in [0.29, 0.717) is 24.7 Å². The van der Waals surface area contributed by atoms with E-state index in [4.69, 9.17) is 21.1 Å². The lowest BCUT2D eigenvalue weighted by molar-refractivity contribution is -0.384. The molecule has 162 valence electrons. The normalized spacial score (nSPS) is 10.6. The maximum atomic E-state index is 10.8. The second kappa shape index (κ2) is 10.7. The van der Waals surface area contributed by atoms with E-state index < -0.39 is 4.92 Å². The van der Waals surface area contributed by atoms with Gasteiger partial charge in [-0.15, -0.1) is 0 Å². The highest BCUT2D eigenvalue weighted by molar-refractivity contribution is 14.1. The molecule has 3 rings (SSSR count). The average Bonchev–Trinajstić information content (AvgIpc) is 2.74. The number of nitrogens with zero attached hydrogens (tertiary/aromatic N) is 1. The highest BCUT2D eigenvalue weighted by atomic mass is 127. The van der Waals surface area contributed by atoms with Gasteiger partial charge in [0.2, 0.25) is 0 Å². The molecule has 3 aromatic rings. The molecule has 0 saturated heterocycles. The van der Waals surface area contributed by atoms with Crippen molar-refractivity contribution in [2.45, 2.75) is 27.0 Å². The van der Waals surface area contributed by atoms with Crippen LogP contribution in [0.2, 0.25) is 5.02 Å². The van der Waals surface area contributed by atoms with Gasteiger partial charge in [-0.2, -0.15) is 0 Å². The lowest BCUT2D eigenvalue weighted by Crippen LogP contribution is -2.05. The van der Waals surface area contributed by atoms with Crippen molar-refractivity contribution in [3.63, 3.8) is 0 Å². The first-order valence-electron chi connectivity index (χ1n) is 9.69. The van der Waals surface area contributed by atoms with Gasteiger partial charge in [-0.25, -0.2) is 0 Å². The Morgan fingerprint density at radius 3 is 2.52 bits per heavy atom. The average molecular weight is 553 g/mol. The van der Waals surface area contributed by atoms with Gasteiger partial charge in [0.15, 0.2) is 11.5 Å². The highest BCUT2D eigenvalue weighted by Gasteiger charge is 2.14. The molecule has 6 nitrogen and oxygen atoms in total. The molecule has 0 saturated carbocycles. The van der Waals surface area contributed by atoms with Crippen LogP contribution in [0.3, 0.4) is 0 Å². The monoisotopic (exact) mass is 552 g/mol. The van der Waals surface area contributed by atoms with E-state index in [-0.39, 0.29) is 12.3 Å². The Balaban J connectivity index is 1.75. The smallest absolute Gasteiger partial charge is 0.269 e. The summed E-state index contributed by atoms with van der Waals surface area (Å²) in [6.07, 6.45) is 0. The quantitative estimate of drug-likeness (QED) is 0.181. The summed E-state index contributed by atoms with van der Waals surface area (Å²) in [4.78, 5) is 10.4.